The SMILES string of the molecule is C=CC1C[N+]2(Cc3cc(C(F)(F)F)cc(C(F)(F)F)c3)CCC1C[C@H]2C(O)c1ccnc2ccc(OC)cc12.[Cl-]. The van der Waals surface area contributed by atoms with E-state index in [1.165, 1.54) is 7.11 Å². The monoisotopic (exact) mass is 586 g/mol. The van der Waals surface area contributed by atoms with Crippen molar-refractivity contribution in [2.45, 2.75) is 43.9 Å². The fourth-order valence-corrected chi connectivity index (χ4v) is 6.59. The molecule has 3 saturated heterocycles. The molecule has 3 aliphatic heterocycles. The number of aliphatic hydroxyl groups is 1. The number of methoxy groups -OCH3 is 1. The van der Waals surface area contributed by atoms with E-state index in [2.05, 4.69) is 11.6 Å². The first-order valence-electron chi connectivity index (χ1n) is 12.7. The molecule has 0 aliphatic carbocycles. The fraction of sp³-hybridized carbons (Fsp3) is 0.414. The molecule has 0 saturated carbocycles. The number of rotatable bonds is 6. The number of aromatic nitrogens is 1. The fourth-order valence-electron chi connectivity index (χ4n) is 6.59. The van der Waals surface area contributed by atoms with E-state index in [-0.39, 0.29) is 46.9 Å². The molecule has 2 aromatic carbocycles. The average molecular weight is 587 g/mol. The van der Waals surface area contributed by atoms with Crippen LogP contribution in [0.25, 0.3) is 10.9 Å². The Kier molecular flexibility index (Phi) is 8.19. The number of pyridine rings is 1. The molecular formula is C29H29ClF6N2O2. The van der Waals surface area contributed by atoms with Crippen molar-refractivity contribution >= 4 is 10.9 Å². The number of quaternary nitrogens is 1. The second-order valence-electron chi connectivity index (χ2n) is 10.7. The van der Waals surface area contributed by atoms with Gasteiger partial charge in [0.1, 0.15) is 24.4 Å². The standard InChI is InChI=1S/C29H29F6N2O2.ClH/c1-3-18-16-37(15-17-10-20(28(30,31)32)13-21(11-17)29(33,34)35)9-7-19(18)12-26(37)27(38)23-6-8-36-25-5-4-22(39-2)14-24(23)25;/h3-6,8,10-11,13-14,18-19,26-27,38H,1,7,9,12,15-16H2,2H3;1H/q+1;/p-1/t18?,19?,26-,27?,37?;/m0./s1. The highest BCUT2D eigenvalue weighted by atomic mass is 35.5. The smallest absolute Gasteiger partial charge is 0.416 e. The van der Waals surface area contributed by atoms with Crippen LogP contribution in [0.4, 0.5) is 26.3 Å². The van der Waals surface area contributed by atoms with E-state index >= 15 is 0 Å². The molecule has 6 rings (SSSR count). The lowest BCUT2D eigenvalue weighted by Gasteiger charge is -2.58. The van der Waals surface area contributed by atoms with Crippen molar-refractivity contribution < 1.29 is 53.1 Å². The average Bonchev–Trinajstić information content (AvgIpc) is 2.90. The first-order chi connectivity index (χ1) is 18.3. The van der Waals surface area contributed by atoms with Gasteiger partial charge in [0, 0.05) is 35.9 Å². The summed E-state index contributed by atoms with van der Waals surface area (Å²) < 4.78 is 87.2. The van der Waals surface area contributed by atoms with Crippen LogP contribution in [0, 0.1) is 11.8 Å². The van der Waals surface area contributed by atoms with Gasteiger partial charge in [-0.05, 0) is 53.9 Å². The number of nitrogens with zero attached hydrogens (tertiary/aromatic N) is 2. The normalized spacial score (nSPS) is 25.4. The lowest BCUT2D eigenvalue weighted by atomic mass is 9.71. The lowest BCUT2D eigenvalue weighted by molar-refractivity contribution is -0.984. The third kappa shape index (κ3) is 5.53. The van der Waals surface area contributed by atoms with Gasteiger partial charge in [-0.3, -0.25) is 4.98 Å². The van der Waals surface area contributed by atoms with Crippen LogP contribution in [0.2, 0.25) is 0 Å². The summed E-state index contributed by atoms with van der Waals surface area (Å²) in [5, 5.41) is 12.5. The molecule has 4 nitrogen and oxygen atoms in total. The summed E-state index contributed by atoms with van der Waals surface area (Å²) >= 11 is 0. The van der Waals surface area contributed by atoms with E-state index in [1.54, 1.807) is 30.5 Å². The molecular weight excluding hydrogens is 558 g/mol. The Labute approximate surface area is 234 Å². The quantitative estimate of drug-likeness (QED) is 0.271. The van der Waals surface area contributed by atoms with Crippen molar-refractivity contribution in [1.82, 2.24) is 4.98 Å². The van der Waals surface area contributed by atoms with E-state index in [0.29, 0.717) is 41.7 Å². The molecule has 0 spiro atoms. The number of alkyl halides is 6. The Morgan fingerprint density at radius 3 is 2.35 bits per heavy atom. The van der Waals surface area contributed by atoms with E-state index < -0.39 is 35.6 Å². The Morgan fingerprint density at radius 1 is 1.07 bits per heavy atom. The minimum absolute atomic E-state index is 0. The Balaban J connectivity index is 0.00000370. The van der Waals surface area contributed by atoms with Gasteiger partial charge in [0.05, 0.1) is 36.8 Å². The maximum absolute atomic E-state index is 13.6. The highest BCUT2D eigenvalue weighted by Crippen LogP contribution is 2.48. The zero-order chi connectivity index (χ0) is 28.2. The van der Waals surface area contributed by atoms with Crippen molar-refractivity contribution in [1.29, 1.82) is 0 Å². The van der Waals surface area contributed by atoms with Crippen molar-refractivity contribution in [3.8, 4) is 5.75 Å². The molecule has 11 heteroatoms. The maximum Gasteiger partial charge on any atom is 0.416 e. The molecule has 0 amide bonds. The predicted octanol–water partition coefficient (Wildman–Crippen LogP) is 3.93. The highest BCUT2D eigenvalue weighted by Gasteiger charge is 2.54. The molecule has 5 atom stereocenters. The van der Waals surface area contributed by atoms with Crippen LogP contribution >= 0.6 is 0 Å². The van der Waals surface area contributed by atoms with Crippen LogP contribution in [0.1, 0.15) is 41.2 Å². The van der Waals surface area contributed by atoms with Crippen LogP contribution in [0.3, 0.4) is 0 Å². The third-order valence-corrected chi connectivity index (χ3v) is 8.49. The van der Waals surface area contributed by atoms with Gasteiger partial charge < -0.3 is 26.7 Å². The molecule has 3 fully saturated rings. The molecule has 2 bridgehead atoms. The first kappa shape index (κ1) is 30.1. The summed E-state index contributed by atoms with van der Waals surface area (Å²) in [5.41, 5.74) is -1.47. The maximum atomic E-state index is 13.6. The van der Waals surface area contributed by atoms with Gasteiger partial charge in [-0.15, -0.1) is 6.58 Å². The first-order valence-corrected chi connectivity index (χ1v) is 12.7. The van der Waals surface area contributed by atoms with E-state index in [4.69, 9.17) is 4.74 Å². The largest absolute Gasteiger partial charge is 1.00 e. The Bertz CT molecular complexity index is 1360. The number of piperidine rings is 3. The Morgan fingerprint density at radius 2 is 1.75 bits per heavy atom. The van der Waals surface area contributed by atoms with Crippen LogP contribution < -0.4 is 17.1 Å². The van der Waals surface area contributed by atoms with Crippen molar-refractivity contribution in [2.24, 2.45) is 11.8 Å². The van der Waals surface area contributed by atoms with Gasteiger partial charge >= 0.3 is 12.4 Å². The molecule has 4 heterocycles. The number of benzene rings is 2. The van der Waals surface area contributed by atoms with Crippen LogP contribution in [0.5, 0.6) is 5.75 Å². The number of hydrogen-bond acceptors (Lipinski definition) is 3. The van der Waals surface area contributed by atoms with Gasteiger partial charge in [-0.2, -0.15) is 26.3 Å². The third-order valence-electron chi connectivity index (χ3n) is 8.49. The molecule has 3 aromatic rings. The molecule has 4 unspecified atom stereocenters. The van der Waals surface area contributed by atoms with Crippen molar-refractivity contribution in [3.63, 3.8) is 0 Å². The molecule has 40 heavy (non-hydrogen) atoms. The summed E-state index contributed by atoms with van der Waals surface area (Å²) in [6.45, 7) is 4.86. The number of hydrogen-bond donors (Lipinski definition) is 1. The summed E-state index contributed by atoms with van der Waals surface area (Å²) in [6.07, 6.45) is -6.16. The van der Waals surface area contributed by atoms with Gasteiger partial charge in [0.15, 0.2) is 0 Å². The summed E-state index contributed by atoms with van der Waals surface area (Å²) in [7, 11) is 1.53. The van der Waals surface area contributed by atoms with Crippen LogP contribution in [-0.4, -0.2) is 40.8 Å². The molecule has 0 radical (unpaired) electrons. The van der Waals surface area contributed by atoms with Gasteiger partial charge in [0.25, 0.3) is 0 Å². The minimum Gasteiger partial charge on any atom is -1.00 e. The summed E-state index contributed by atoms with van der Waals surface area (Å²) in [4.78, 5) is 4.37. The van der Waals surface area contributed by atoms with E-state index in [1.807, 2.05) is 6.08 Å². The number of ether oxygens (including phenoxy) is 1. The van der Waals surface area contributed by atoms with Crippen LogP contribution in [0.15, 0.2) is 61.3 Å². The van der Waals surface area contributed by atoms with Gasteiger partial charge in [-0.1, -0.05) is 6.08 Å². The van der Waals surface area contributed by atoms with E-state index in [9.17, 15) is 31.4 Å². The van der Waals surface area contributed by atoms with Crippen molar-refractivity contribution in [3.05, 3.63) is 83.6 Å². The van der Waals surface area contributed by atoms with Crippen molar-refractivity contribution in [2.75, 3.05) is 20.2 Å². The Hall–Kier alpha value is -2.82. The summed E-state index contributed by atoms with van der Waals surface area (Å²) in [6, 6.07) is 8.34. The highest BCUT2D eigenvalue weighted by molar-refractivity contribution is 5.83. The molecule has 1 N–H and O–H groups in total. The van der Waals surface area contributed by atoms with Gasteiger partial charge in [-0.25, -0.2) is 0 Å². The zero-order valence-corrected chi connectivity index (χ0v) is 22.4. The minimum atomic E-state index is -4.93. The van der Waals surface area contributed by atoms with Crippen LogP contribution in [-0.2, 0) is 18.9 Å². The second kappa shape index (κ2) is 10.9. The number of halogens is 7. The number of fused-ring (bicyclic) bond motifs is 4. The topological polar surface area (TPSA) is 42.4 Å². The molecule has 3 aliphatic rings. The second-order valence-corrected chi connectivity index (χ2v) is 10.7. The van der Waals surface area contributed by atoms with E-state index in [0.717, 1.165) is 18.6 Å². The lowest BCUT2D eigenvalue weighted by Crippen LogP contribution is -3.00. The molecule has 216 valence electrons. The number of aliphatic hydroxyl groups excluding tert-OH is 1. The van der Waals surface area contributed by atoms with Gasteiger partial charge in [0.2, 0.25) is 0 Å². The zero-order valence-electron chi connectivity index (χ0n) is 21.6. The summed E-state index contributed by atoms with van der Waals surface area (Å²) in [5.74, 6) is 0.843. The predicted molar refractivity (Wildman–Crippen MR) is 134 cm³/mol. The molecule has 1 aromatic heterocycles.